The Bertz CT molecular complexity index is 1730. The van der Waals surface area contributed by atoms with Gasteiger partial charge in [0.1, 0.15) is 11.5 Å². The molecule has 0 saturated carbocycles. The zero-order valence-electron chi connectivity index (χ0n) is 26.3. The molecule has 1 aliphatic rings. The van der Waals surface area contributed by atoms with Gasteiger partial charge >= 0.3 is 6.03 Å². The zero-order chi connectivity index (χ0) is 32.6. The predicted molar refractivity (Wildman–Crippen MR) is 182 cm³/mol. The van der Waals surface area contributed by atoms with Crippen molar-refractivity contribution in [2.24, 2.45) is 13.0 Å². The molecular formula is C37H38N4O5S. The lowest BCUT2D eigenvalue weighted by molar-refractivity contribution is -0.268. The Morgan fingerprint density at radius 1 is 0.894 bits per heavy atom. The molecule has 47 heavy (non-hydrogen) atoms. The van der Waals surface area contributed by atoms with E-state index in [1.807, 2.05) is 109 Å². The topological polar surface area (TPSA) is 107 Å². The van der Waals surface area contributed by atoms with Gasteiger partial charge in [-0.1, -0.05) is 85.4 Å². The molecule has 242 valence electrons. The molecule has 0 spiro atoms. The average Bonchev–Trinajstić information content (AvgIpc) is 3.52. The smallest absolute Gasteiger partial charge is 0.319 e. The number of hydrogen-bond donors (Lipinski definition) is 3. The Morgan fingerprint density at radius 2 is 1.57 bits per heavy atom. The van der Waals surface area contributed by atoms with E-state index in [1.165, 1.54) is 0 Å². The lowest BCUT2D eigenvalue weighted by Crippen LogP contribution is -2.38. The Balaban J connectivity index is 1.07. The van der Waals surface area contributed by atoms with E-state index in [-0.39, 0.29) is 30.8 Å². The van der Waals surface area contributed by atoms with Crippen LogP contribution < -0.4 is 15.4 Å². The van der Waals surface area contributed by atoms with Crippen molar-refractivity contribution in [3.63, 3.8) is 0 Å². The van der Waals surface area contributed by atoms with Crippen LogP contribution in [0.15, 0.2) is 121 Å². The summed E-state index contributed by atoms with van der Waals surface area (Å²) in [4.78, 5) is 17.1. The van der Waals surface area contributed by atoms with Crippen LogP contribution in [0, 0.1) is 5.92 Å². The summed E-state index contributed by atoms with van der Waals surface area (Å²) >= 11 is 1.66. The molecular weight excluding hydrogens is 612 g/mol. The maximum absolute atomic E-state index is 12.6. The number of amides is 2. The van der Waals surface area contributed by atoms with Gasteiger partial charge in [-0.15, -0.1) is 0 Å². The SMILES string of the molecule is C[C@H]1[C@@H](CSc2nccn2C)O[C@@H](c2ccc(CNC(=O)Nc3ccc(Oc4ccccc4)cc3)cc2)O[C@H]1c1ccc(CO)cc1. The summed E-state index contributed by atoms with van der Waals surface area (Å²) in [5, 5.41) is 16.2. The largest absolute Gasteiger partial charge is 0.457 e. The fraction of sp³-hybridized carbons (Fsp3) is 0.243. The minimum Gasteiger partial charge on any atom is -0.457 e. The number of aromatic nitrogens is 2. The van der Waals surface area contributed by atoms with Gasteiger partial charge in [0.15, 0.2) is 11.4 Å². The molecule has 6 rings (SSSR count). The molecule has 3 N–H and O–H groups in total. The molecule has 10 heteroatoms. The van der Waals surface area contributed by atoms with Crippen LogP contribution in [0.25, 0.3) is 0 Å². The number of aliphatic hydroxyl groups is 1. The monoisotopic (exact) mass is 650 g/mol. The van der Waals surface area contributed by atoms with Gasteiger partial charge in [-0.2, -0.15) is 0 Å². The number of nitrogens with one attached hydrogen (secondary N) is 2. The Morgan fingerprint density at radius 3 is 2.26 bits per heavy atom. The second-order valence-corrected chi connectivity index (χ2v) is 12.4. The summed E-state index contributed by atoms with van der Waals surface area (Å²) in [5.74, 6) is 2.23. The first-order chi connectivity index (χ1) is 22.9. The van der Waals surface area contributed by atoms with E-state index < -0.39 is 6.29 Å². The van der Waals surface area contributed by atoms with Crippen molar-refractivity contribution >= 4 is 23.5 Å². The van der Waals surface area contributed by atoms with Crippen LogP contribution in [0.5, 0.6) is 11.5 Å². The Labute approximate surface area is 278 Å². The van der Waals surface area contributed by atoms with Gasteiger partial charge in [0.25, 0.3) is 0 Å². The van der Waals surface area contributed by atoms with Gasteiger partial charge in [-0.3, -0.25) is 0 Å². The molecule has 2 amide bonds. The number of anilines is 1. The van der Waals surface area contributed by atoms with E-state index in [4.69, 9.17) is 14.2 Å². The molecule has 9 nitrogen and oxygen atoms in total. The highest BCUT2D eigenvalue weighted by Gasteiger charge is 2.38. The number of benzene rings is 4. The summed E-state index contributed by atoms with van der Waals surface area (Å²) in [6.07, 6.45) is 2.87. The number of hydrogen-bond acceptors (Lipinski definition) is 7. The quantitative estimate of drug-likeness (QED) is 0.126. The van der Waals surface area contributed by atoms with Gasteiger partial charge in [-0.05, 0) is 53.1 Å². The summed E-state index contributed by atoms with van der Waals surface area (Å²) < 4.78 is 21.0. The fourth-order valence-electron chi connectivity index (χ4n) is 5.34. The lowest BCUT2D eigenvalue weighted by atomic mass is 9.91. The first-order valence-corrected chi connectivity index (χ1v) is 16.5. The average molecular weight is 651 g/mol. The number of carbonyl (C=O) groups is 1. The number of aryl methyl sites for hydroxylation is 1. The molecule has 1 saturated heterocycles. The van der Waals surface area contributed by atoms with Crippen molar-refractivity contribution in [2.75, 3.05) is 11.1 Å². The molecule has 0 unspecified atom stereocenters. The summed E-state index contributed by atoms with van der Waals surface area (Å²) in [6.45, 7) is 2.50. The van der Waals surface area contributed by atoms with E-state index in [9.17, 15) is 9.90 Å². The number of rotatable bonds is 11. The van der Waals surface area contributed by atoms with Gasteiger partial charge < -0.3 is 34.5 Å². The second kappa shape index (κ2) is 15.3. The highest BCUT2D eigenvalue weighted by Crippen LogP contribution is 2.43. The number of carbonyl (C=O) groups excluding carboxylic acids is 1. The molecule has 5 aromatic rings. The van der Waals surface area contributed by atoms with Crippen LogP contribution in [-0.2, 0) is 29.7 Å². The Hall–Kier alpha value is -4.61. The van der Waals surface area contributed by atoms with E-state index in [2.05, 4.69) is 22.5 Å². The van der Waals surface area contributed by atoms with Crippen LogP contribution in [0.2, 0.25) is 0 Å². The van der Waals surface area contributed by atoms with Crippen molar-refractivity contribution in [3.05, 3.63) is 138 Å². The normalized spacial score (nSPS) is 19.2. The van der Waals surface area contributed by atoms with Crippen molar-refractivity contribution in [3.8, 4) is 11.5 Å². The molecule has 0 radical (unpaired) electrons. The zero-order valence-corrected chi connectivity index (χ0v) is 27.1. The van der Waals surface area contributed by atoms with Gasteiger partial charge in [-0.25, -0.2) is 9.78 Å². The summed E-state index contributed by atoms with van der Waals surface area (Å²) in [5.41, 5.74) is 4.40. The third kappa shape index (κ3) is 8.41. The first-order valence-electron chi connectivity index (χ1n) is 15.5. The molecule has 2 heterocycles. The first kappa shape index (κ1) is 32.3. The van der Waals surface area contributed by atoms with E-state index >= 15 is 0 Å². The molecule has 1 fully saturated rings. The number of nitrogens with zero attached hydrogens (tertiary/aromatic N) is 2. The minimum absolute atomic E-state index is 0.00337. The predicted octanol–water partition coefficient (Wildman–Crippen LogP) is 7.61. The maximum atomic E-state index is 12.6. The third-order valence-electron chi connectivity index (χ3n) is 8.07. The number of urea groups is 1. The van der Waals surface area contributed by atoms with Crippen molar-refractivity contribution in [2.45, 2.75) is 43.7 Å². The molecule has 0 aliphatic carbocycles. The van der Waals surface area contributed by atoms with Crippen LogP contribution in [0.1, 0.15) is 41.6 Å². The summed E-state index contributed by atoms with van der Waals surface area (Å²) in [7, 11) is 1.98. The van der Waals surface area contributed by atoms with Gasteiger partial charge in [0.05, 0.1) is 18.8 Å². The van der Waals surface area contributed by atoms with Crippen molar-refractivity contribution in [1.82, 2.24) is 14.9 Å². The number of thioether (sulfide) groups is 1. The van der Waals surface area contributed by atoms with E-state index in [0.717, 1.165) is 38.9 Å². The van der Waals surface area contributed by atoms with Crippen molar-refractivity contribution < 1.29 is 24.1 Å². The fourth-order valence-corrected chi connectivity index (χ4v) is 6.43. The number of imidazole rings is 1. The molecule has 4 atom stereocenters. The molecule has 4 aromatic carbocycles. The van der Waals surface area contributed by atoms with E-state index in [0.29, 0.717) is 18.0 Å². The second-order valence-electron chi connectivity index (χ2n) is 11.4. The number of para-hydroxylation sites is 1. The molecule has 1 aromatic heterocycles. The summed E-state index contributed by atoms with van der Waals surface area (Å²) in [6, 6.07) is 32.3. The number of ether oxygens (including phenoxy) is 3. The molecule has 1 aliphatic heterocycles. The van der Waals surface area contributed by atoms with Crippen molar-refractivity contribution in [1.29, 1.82) is 0 Å². The van der Waals surface area contributed by atoms with Crippen LogP contribution in [0.3, 0.4) is 0 Å². The van der Waals surface area contributed by atoms with Crippen LogP contribution >= 0.6 is 11.8 Å². The third-order valence-corrected chi connectivity index (χ3v) is 9.22. The number of aliphatic hydroxyl groups excluding tert-OH is 1. The highest BCUT2D eigenvalue weighted by atomic mass is 32.2. The molecule has 0 bridgehead atoms. The standard InChI is InChI=1S/C37H38N4O5S/c1-25-33(24-47-37-38-20-21-41(37)2)45-35(46-34(25)28-12-10-27(23-42)11-13-28)29-14-8-26(9-15-29)22-39-36(43)40-30-16-18-32(19-17-30)44-31-6-4-3-5-7-31/h3-21,25,33-35,42H,22-24H2,1-2H3,(H2,39,40,43)/t25-,33+,34+,35+/m0/s1. The Kier molecular flexibility index (Phi) is 10.5. The van der Waals surface area contributed by atoms with E-state index in [1.54, 1.807) is 30.1 Å². The van der Waals surface area contributed by atoms with Crippen LogP contribution in [-0.4, -0.2) is 32.5 Å². The van der Waals surface area contributed by atoms with Gasteiger partial charge in [0.2, 0.25) is 0 Å². The van der Waals surface area contributed by atoms with Gasteiger partial charge in [0, 0.05) is 48.9 Å². The maximum Gasteiger partial charge on any atom is 0.319 e. The minimum atomic E-state index is -0.570. The van der Waals surface area contributed by atoms with Crippen LogP contribution in [0.4, 0.5) is 10.5 Å². The lowest BCUT2D eigenvalue weighted by Gasteiger charge is -2.41. The highest BCUT2D eigenvalue weighted by molar-refractivity contribution is 7.99.